The zero-order chi connectivity index (χ0) is 10.5. The molecule has 3 heteroatoms. The van der Waals surface area contributed by atoms with Gasteiger partial charge >= 0.3 is 0 Å². The van der Waals surface area contributed by atoms with E-state index < -0.39 is 0 Å². The lowest BCUT2D eigenvalue weighted by molar-refractivity contribution is 0.307. The van der Waals surface area contributed by atoms with E-state index in [0.717, 1.165) is 29.5 Å². The van der Waals surface area contributed by atoms with E-state index in [1.807, 2.05) is 29.6 Å². The third-order valence-corrected chi connectivity index (χ3v) is 2.77. The lowest BCUT2D eigenvalue weighted by Gasteiger charge is -1.98. The Balaban J connectivity index is 2.14. The average molecular weight is 218 g/mol. The summed E-state index contributed by atoms with van der Waals surface area (Å²) >= 11 is 1.60. The lowest BCUT2D eigenvalue weighted by atomic mass is 10.2. The summed E-state index contributed by atoms with van der Waals surface area (Å²) < 4.78 is 5.45. The van der Waals surface area contributed by atoms with Crippen molar-refractivity contribution in [2.75, 3.05) is 6.61 Å². The van der Waals surface area contributed by atoms with Crippen molar-refractivity contribution in [1.29, 1.82) is 0 Å². The highest BCUT2D eigenvalue weighted by Crippen LogP contribution is 2.26. The van der Waals surface area contributed by atoms with Gasteiger partial charge in [-0.2, -0.15) is 0 Å². The molecule has 2 aromatic rings. The maximum atomic E-state index is 5.45. The van der Waals surface area contributed by atoms with Crippen LogP contribution in [0.15, 0.2) is 29.6 Å². The first-order chi connectivity index (χ1) is 7.40. The first-order valence-corrected chi connectivity index (χ1v) is 5.83. The van der Waals surface area contributed by atoms with Crippen LogP contribution in [0, 0.1) is 6.07 Å². The highest BCUT2D eigenvalue weighted by atomic mass is 32.1. The van der Waals surface area contributed by atoms with Crippen molar-refractivity contribution in [1.82, 2.24) is 4.98 Å². The summed E-state index contributed by atoms with van der Waals surface area (Å²) in [6.07, 6.45) is 1.01. The molecule has 1 radical (unpaired) electrons. The maximum absolute atomic E-state index is 5.45. The van der Waals surface area contributed by atoms with Crippen LogP contribution in [-0.2, 0) is 0 Å². The number of hydrogen-bond donors (Lipinski definition) is 0. The lowest BCUT2D eigenvalue weighted by Crippen LogP contribution is -1.94. The van der Waals surface area contributed by atoms with Crippen LogP contribution in [0.4, 0.5) is 0 Å². The Morgan fingerprint density at radius 1 is 1.40 bits per heavy atom. The Kier molecular flexibility index (Phi) is 3.35. The Morgan fingerprint density at radius 2 is 2.20 bits per heavy atom. The average Bonchev–Trinajstić information content (AvgIpc) is 2.76. The predicted octanol–water partition coefficient (Wildman–Crippen LogP) is 3.40. The van der Waals surface area contributed by atoms with Crippen molar-refractivity contribution in [3.05, 3.63) is 35.7 Å². The standard InChI is InChI=1S/C12H12NOS/c1-2-8-14-11-9-15-12(13-11)10-6-4-3-5-7-10/h4-7,9H,2,8H2,1H3. The number of benzene rings is 1. The first kappa shape index (κ1) is 10.2. The summed E-state index contributed by atoms with van der Waals surface area (Å²) in [6.45, 7) is 2.81. The Morgan fingerprint density at radius 3 is 2.93 bits per heavy atom. The fourth-order valence-electron chi connectivity index (χ4n) is 1.19. The van der Waals surface area contributed by atoms with Gasteiger partial charge in [0.25, 0.3) is 0 Å². The molecule has 0 spiro atoms. The molecule has 1 aromatic heterocycles. The minimum Gasteiger partial charge on any atom is -0.477 e. The highest BCUT2D eigenvalue weighted by molar-refractivity contribution is 7.13. The molecule has 0 saturated carbocycles. The van der Waals surface area contributed by atoms with Crippen molar-refractivity contribution >= 4 is 11.3 Å². The third-order valence-electron chi connectivity index (χ3n) is 1.90. The van der Waals surface area contributed by atoms with Crippen LogP contribution >= 0.6 is 11.3 Å². The minimum atomic E-state index is 0.727. The van der Waals surface area contributed by atoms with Gasteiger partial charge in [-0.25, -0.2) is 4.98 Å². The van der Waals surface area contributed by atoms with Gasteiger partial charge in [0, 0.05) is 5.56 Å². The molecular formula is C12H12NOS. The van der Waals surface area contributed by atoms with E-state index in [1.54, 1.807) is 11.3 Å². The molecule has 0 fully saturated rings. The van der Waals surface area contributed by atoms with Crippen LogP contribution in [0.3, 0.4) is 0 Å². The normalized spacial score (nSPS) is 10.2. The van der Waals surface area contributed by atoms with Crippen molar-refractivity contribution in [3.63, 3.8) is 0 Å². The molecule has 0 unspecified atom stereocenters. The van der Waals surface area contributed by atoms with Crippen LogP contribution < -0.4 is 4.74 Å². The van der Waals surface area contributed by atoms with E-state index in [1.165, 1.54) is 0 Å². The molecule has 2 nitrogen and oxygen atoms in total. The van der Waals surface area contributed by atoms with Crippen molar-refractivity contribution < 1.29 is 4.74 Å². The smallest absolute Gasteiger partial charge is 0.224 e. The number of hydrogen-bond acceptors (Lipinski definition) is 3. The van der Waals surface area contributed by atoms with E-state index >= 15 is 0 Å². The zero-order valence-electron chi connectivity index (χ0n) is 8.56. The van der Waals surface area contributed by atoms with Crippen LogP contribution in [0.25, 0.3) is 10.6 Å². The first-order valence-electron chi connectivity index (χ1n) is 4.95. The third kappa shape index (κ3) is 2.57. The van der Waals surface area contributed by atoms with E-state index in [4.69, 9.17) is 4.74 Å². The summed E-state index contributed by atoms with van der Waals surface area (Å²) in [4.78, 5) is 4.40. The van der Waals surface area contributed by atoms with Crippen molar-refractivity contribution in [3.8, 4) is 16.5 Å². The number of ether oxygens (including phenoxy) is 1. The van der Waals surface area contributed by atoms with Gasteiger partial charge in [-0.05, 0) is 12.5 Å². The molecule has 0 amide bonds. The summed E-state index contributed by atoms with van der Waals surface area (Å²) in [7, 11) is 0. The molecule has 0 atom stereocenters. The van der Waals surface area contributed by atoms with Gasteiger partial charge in [-0.1, -0.05) is 31.2 Å². The highest BCUT2D eigenvalue weighted by Gasteiger charge is 2.03. The molecule has 15 heavy (non-hydrogen) atoms. The Hall–Kier alpha value is -1.35. The maximum Gasteiger partial charge on any atom is 0.224 e. The molecule has 0 N–H and O–H groups in total. The van der Waals surface area contributed by atoms with E-state index in [9.17, 15) is 0 Å². The van der Waals surface area contributed by atoms with Gasteiger partial charge in [-0.3, -0.25) is 0 Å². The summed E-state index contributed by atoms with van der Waals surface area (Å²) in [5, 5.41) is 2.94. The Labute approximate surface area is 93.6 Å². The molecule has 1 heterocycles. The molecular weight excluding hydrogens is 206 g/mol. The molecule has 0 saturated heterocycles. The van der Waals surface area contributed by atoms with Gasteiger partial charge in [0.15, 0.2) is 0 Å². The molecule has 2 rings (SSSR count). The van der Waals surface area contributed by atoms with Gasteiger partial charge < -0.3 is 4.74 Å². The number of rotatable bonds is 4. The van der Waals surface area contributed by atoms with Gasteiger partial charge in [0.05, 0.1) is 12.0 Å². The number of nitrogens with zero attached hydrogens (tertiary/aromatic N) is 1. The van der Waals surface area contributed by atoms with E-state index in [0.29, 0.717) is 0 Å². The number of thiazole rings is 1. The van der Waals surface area contributed by atoms with Crippen LogP contribution in [0.5, 0.6) is 5.88 Å². The zero-order valence-corrected chi connectivity index (χ0v) is 9.38. The largest absolute Gasteiger partial charge is 0.477 e. The molecule has 0 aliphatic heterocycles. The number of aromatic nitrogens is 1. The molecule has 0 bridgehead atoms. The quantitative estimate of drug-likeness (QED) is 0.784. The topological polar surface area (TPSA) is 22.1 Å². The molecule has 0 aliphatic carbocycles. The van der Waals surface area contributed by atoms with Gasteiger partial charge in [0.1, 0.15) is 5.01 Å². The summed E-state index contributed by atoms with van der Waals surface area (Å²) in [5.41, 5.74) is 1.12. The SMILES string of the molecule is CCCOc1csc(-c2cc[c]cc2)n1. The van der Waals surface area contributed by atoms with E-state index in [-0.39, 0.29) is 0 Å². The molecule has 0 aliphatic rings. The fourth-order valence-corrected chi connectivity index (χ4v) is 1.94. The second-order valence-electron chi connectivity index (χ2n) is 3.13. The molecule has 1 aromatic carbocycles. The van der Waals surface area contributed by atoms with Crippen LogP contribution in [-0.4, -0.2) is 11.6 Å². The monoisotopic (exact) mass is 218 g/mol. The second-order valence-corrected chi connectivity index (χ2v) is 3.99. The van der Waals surface area contributed by atoms with Crippen molar-refractivity contribution in [2.24, 2.45) is 0 Å². The minimum absolute atomic E-state index is 0.727. The summed E-state index contributed by atoms with van der Waals surface area (Å²) in [5.74, 6) is 0.727. The fraction of sp³-hybridized carbons (Fsp3) is 0.250. The van der Waals surface area contributed by atoms with Crippen molar-refractivity contribution in [2.45, 2.75) is 13.3 Å². The predicted molar refractivity (Wildman–Crippen MR) is 62.2 cm³/mol. The van der Waals surface area contributed by atoms with E-state index in [2.05, 4.69) is 18.0 Å². The van der Waals surface area contributed by atoms with Gasteiger partial charge in [-0.15, -0.1) is 11.3 Å². The van der Waals surface area contributed by atoms with Crippen LogP contribution in [0.1, 0.15) is 13.3 Å². The second kappa shape index (κ2) is 4.94. The summed E-state index contributed by atoms with van der Waals surface area (Å²) in [6, 6.07) is 10.8. The molecule has 77 valence electrons. The Bertz CT molecular complexity index is 411. The van der Waals surface area contributed by atoms with Crippen LogP contribution in [0.2, 0.25) is 0 Å². The van der Waals surface area contributed by atoms with Gasteiger partial charge in [0.2, 0.25) is 5.88 Å².